The molecule has 4 heterocycles. The van der Waals surface area contributed by atoms with Gasteiger partial charge in [-0.15, -0.1) is 0 Å². The molecule has 10 heteroatoms. The summed E-state index contributed by atoms with van der Waals surface area (Å²) in [6.45, 7) is 3.10. The number of nitrogens with zero attached hydrogens (tertiary/aromatic N) is 5. The van der Waals surface area contributed by atoms with E-state index in [0.29, 0.717) is 36.1 Å². The average molecular weight is 433 g/mol. The lowest BCUT2D eigenvalue weighted by Crippen LogP contribution is -2.40. The largest absolute Gasteiger partial charge is 0.443 e. The Hall–Kier alpha value is -2.78. The summed E-state index contributed by atoms with van der Waals surface area (Å²) < 4.78 is 38.1. The lowest BCUT2D eigenvalue weighted by Gasteiger charge is -2.30. The zero-order valence-electron chi connectivity index (χ0n) is 17.4. The van der Waals surface area contributed by atoms with Gasteiger partial charge in [-0.1, -0.05) is 5.16 Å². The molecule has 0 atom stereocenters. The van der Waals surface area contributed by atoms with Crippen molar-refractivity contribution in [2.24, 2.45) is 0 Å². The Morgan fingerprint density at radius 3 is 2.65 bits per heavy atom. The maximum Gasteiger partial charge on any atom is 0.410 e. The van der Waals surface area contributed by atoms with Crippen molar-refractivity contribution in [2.45, 2.75) is 56.5 Å². The van der Waals surface area contributed by atoms with Gasteiger partial charge in [0, 0.05) is 38.2 Å². The van der Waals surface area contributed by atoms with Crippen LogP contribution in [0.5, 0.6) is 0 Å². The fourth-order valence-corrected chi connectivity index (χ4v) is 4.07. The fraction of sp³-hybridized carbons (Fsp3) is 0.619. The van der Waals surface area contributed by atoms with Gasteiger partial charge in [-0.3, -0.25) is 4.98 Å². The van der Waals surface area contributed by atoms with Crippen LogP contribution in [0.15, 0.2) is 23.0 Å². The lowest BCUT2D eigenvalue weighted by atomic mass is 9.96. The van der Waals surface area contributed by atoms with E-state index in [0.717, 1.165) is 25.7 Å². The van der Waals surface area contributed by atoms with Crippen LogP contribution in [-0.2, 0) is 4.74 Å². The van der Waals surface area contributed by atoms with Gasteiger partial charge in [0.15, 0.2) is 5.82 Å². The highest BCUT2D eigenvalue weighted by Gasteiger charge is 2.43. The minimum Gasteiger partial charge on any atom is -0.443 e. The van der Waals surface area contributed by atoms with Crippen LogP contribution in [-0.4, -0.2) is 63.8 Å². The molecule has 1 saturated carbocycles. The maximum absolute atomic E-state index is 13.5. The van der Waals surface area contributed by atoms with E-state index in [2.05, 4.69) is 15.1 Å². The van der Waals surface area contributed by atoms with Crippen LogP contribution in [0.2, 0.25) is 0 Å². The Labute approximate surface area is 178 Å². The van der Waals surface area contributed by atoms with E-state index in [1.54, 1.807) is 28.3 Å². The molecule has 1 aliphatic carbocycles. The number of carbonyl (C=O) groups is 1. The number of amides is 1. The lowest BCUT2D eigenvalue weighted by molar-refractivity contribution is 0.0257. The van der Waals surface area contributed by atoms with E-state index in [-0.39, 0.29) is 37.1 Å². The van der Waals surface area contributed by atoms with Crippen molar-refractivity contribution in [2.75, 3.05) is 31.1 Å². The van der Waals surface area contributed by atoms with Crippen LogP contribution >= 0.6 is 0 Å². The van der Waals surface area contributed by atoms with Crippen molar-refractivity contribution in [3.63, 3.8) is 0 Å². The number of aromatic nitrogens is 3. The summed E-state index contributed by atoms with van der Waals surface area (Å²) >= 11 is 0. The Bertz CT molecular complexity index is 969. The van der Waals surface area contributed by atoms with Crippen LogP contribution in [0.25, 0.3) is 11.5 Å². The number of ether oxygens (including phenoxy) is 1. The molecule has 166 valence electrons. The zero-order valence-corrected chi connectivity index (χ0v) is 17.4. The molecule has 3 aliphatic rings. The average Bonchev–Trinajstić information content (AvgIpc) is 3.16. The number of piperidine rings is 1. The molecule has 3 fully saturated rings. The summed E-state index contributed by atoms with van der Waals surface area (Å²) in [6.07, 6.45) is 6.06. The topological polar surface area (TPSA) is 84.6 Å². The summed E-state index contributed by atoms with van der Waals surface area (Å²) in [5, 5.41) is 4.12. The summed E-state index contributed by atoms with van der Waals surface area (Å²) in [7, 11) is 0. The van der Waals surface area contributed by atoms with E-state index in [1.807, 2.05) is 6.92 Å². The molecule has 2 aromatic heterocycles. The number of pyridine rings is 1. The van der Waals surface area contributed by atoms with Gasteiger partial charge in [-0.05, 0) is 38.7 Å². The number of rotatable bonds is 4. The van der Waals surface area contributed by atoms with Crippen LogP contribution < -0.4 is 4.90 Å². The standard InChI is InChI=1S/C21H25F2N5O3/c1-20(4-5-20)30-19(29)27-7-2-14(3-8-27)17-25-18(31-26-17)15-10-16(12-24-11-15)28-9-6-21(22,23)13-28/h10-12,14H,2-9,13H2,1H3. The zero-order chi connectivity index (χ0) is 21.6. The first kappa shape index (κ1) is 20.1. The smallest absolute Gasteiger partial charge is 0.410 e. The Morgan fingerprint density at radius 1 is 1.19 bits per heavy atom. The second-order valence-electron chi connectivity index (χ2n) is 9.00. The van der Waals surface area contributed by atoms with Gasteiger partial charge in [0.05, 0.1) is 24.0 Å². The molecule has 0 radical (unpaired) electrons. The molecule has 2 aromatic rings. The van der Waals surface area contributed by atoms with Crippen molar-refractivity contribution < 1.29 is 22.8 Å². The molecule has 0 N–H and O–H groups in total. The van der Waals surface area contributed by atoms with Crippen LogP contribution in [0, 0.1) is 0 Å². The third-order valence-corrected chi connectivity index (χ3v) is 6.35. The summed E-state index contributed by atoms with van der Waals surface area (Å²) in [6, 6.07) is 1.75. The number of carbonyl (C=O) groups excluding carboxylic acids is 1. The summed E-state index contributed by atoms with van der Waals surface area (Å²) in [5.41, 5.74) is 0.945. The minimum atomic E-state index is -2.68. The fourth-order valence-electron chi connectivity index (χ4n) is 4.07. The number of hydrogen-bond acceptors (Lipinski definition) is 7. The number of anilines is 1. The SMILES string of the molecule is CC1(OC(=O)N2CCC(c3noc(-c4cncc(N5CCC(F)(F)C5)c4)n3)CC2)CC1. The molecule has 31 heavy (non-hydrogen) atoms. The molecule has 0 unspecified atom stereocenters. The van der Waals surface area contributed by atoms with E-state index >= 15 is 0 Å². The first-order valence-electron chi connectivity index (χ1n) is 10.7. The van der Waals surface area contributed by atoms with E-state index in [9.17, 15) is 13.6 Å². The molecule has 0 spiro atoms. The third kappa shape index (κ3) is 4.33. The maximum atomic E-state index is 13.5. The highest BCUT2D eigenvalue weighted by molar-refractivity contribution is 5.68. The van der Waals surface area contributed by atoms with Gasteiger partial charge < -0.3 is 19.1 Å². The predicted molar refractivity (Wildman–Crippen MR) is 107 cm³/mol. The van der Waals surface area contributed by atoms with Crippen molar-refractivity contribution in [1.29, 1.82) is 0 Å². The first-order chi connectivity index (χ1) is 14.8. The molecule has 8 nitrogen and oxygen atoms in total. The molecule has 2 saturated heterocycles. The van der Waals surface area contributed by atoms with Crippen molar-refractivity contribution in [3.05, 3.63) is 24.3 Å². The third-order valence-electron chi connectivity index (χ3n) is 6.35. The van der Waals surface area contributed by atoms with Gasteiger partial charge in [-0.25, -0.2) is 13.6 Å². The second-order valence-corrected chi connectivity index (χ2v) is 9.00. The second kappa shape index (κ2) is 7.42. The van der Waals surface area contributed by atoms with Gasteiger partial charge in [-0.2, -0.15) is 4.98 Å². The Balaban J connectivity index is 1.22. The molecule has 0 bridgehead atoms. The molecule has 1 amide bonds. The van der Waals surface area contributed by atoms with Crippen molar-refractivity contribution >= 4 is 11.8 Å². The number of likely N-dealkylation sites (tertiary alicyclic amines) is 1. The highest BCUT2D eigenvalue weighted by Crippen LogP contribution is 2.39. The van der Waals surface area contributed by atoms with E-state index in [1.165, 1.54) is 0 Å². The van der Waals surface area contributed by atoms with Crippen LogP contribution in [0.4, 0.5) is 19.3 Å². The highest BCUT2D eigenvalue weighted by atomic mass is 19.3. The van der Waals surface area contributed by atoms with Crippen LogP contribution in [0.1, 0.15) is 50.8 Å². The Kier molecular flexibility index (Phi) is 4.82. The molecule has 0 aromatic carbocycles. The van der Waals surface area contributed by atoms with Gasteiger partial charge in [0.2, 0.25) is 0 Å². The summed E-state index contributed by atoms with van der Waals surface area (Å²) in [4.78, 5) is 24.3. The van der Waals surface area contributed by atoms with E-state index in [4.69, 9.17) is 9.26 Å². The van der Waals surface area contributed by atoms with Gasteiger partial charge >= 0.3 is 6.09 Å². The van der Waals surface area contributed by atoms with Gasteiger partial charge in [0.25, 0.3) is 11.8 Å². The summed E-state index contributed by atoms with van der Waals surface area (Å²) in [5.74, 6) is -1.67. The molecule has 2 aliphatic heterocycles. The minimum absolute atomic E-state index is 0.0893. The number of hydrogen-bond donors (Lipinski definition) is 0. The van der Waals surface area contributed by atoms with Crippen molar-refractivity contribution in [3.8, 4) is 11.5 Å². The quantitative estimate of drug-likeness (QED) is 0.724. The number of halogens is 2. The van der Waals surface area contributed by atoms with Crippen molar-refractivity contribution in [1.82, 2.24) is 20.0 Å². The number of alkyl halides is 2. The first-order valence-corrected chi connectivity index (χ1v) is 10.7. The Morgan fingerprint density at radius 2 is 1.97 bits per heavy atom. The molecular weight excluding hydrogens is 408 g/mol. The van der Waals surface area contributed by atoms with Gasteiger partial charge in [0.1, 0.15) is 5.60 Å². The predicted octanol–water partition coefficient (Wildman–Crippen LogP) is 3.85. The van der Waals surface area contributed by atoms with E-state index < -0.39 is 5.92 Å². The monoisotopic (exact) mass is 433 g/mol. The molecular formula is C21H25F2N5O3. The molecule has 5 rings (SSSR count). The van der Waals surface area contributed by atoms with Crippen LogP contribution in [0.3, 0.4) is 0 Å². The normalized spacial score (nSPS) is 22.5.